The highest BCUT2D eigenvalue weighted by Crippen LogP contribution is 2.38. The molecule has 0 bridgehead atoms. The number of hydrogen-bond donors (Lipinski definition) is 4. The monoisotopic (exact) mass is 328 g/mol. The topological polar surface area (TPSA) is 111 Å². The highest BCUT2D eigenvalue weighted by Gasteiger charge is 2.20. The van der Waals surface area contributed by atoms with Crippen molar-refractivity contribution >= 4 is 21.9 Å². The van der Waals surface area contributed by atoms with E-state index in [9.17, 15) is 25.2 Å². The number of rotatable bonds is 3. The van der Waals surface area contributed by atoms with Gasteiger partial charge in [-0.25, -0.2) is 0 Å². The van der Waals surface area contributed by atoms with E-state index in [1.807, 2.05) is 6.92 Å². The first-order valence-electron chi connectivity index (χ1n) is 7.30. The first-order chi connectivity index (χ1) is 11.3. The summed E-state index contributed by atoms with van der Waals surface area (Å²) in [6, 6.07) is 3.38. The summed E-state index contributed by atoms with van der Waals surface area (Å²) in [6.07, 6.45) is 0.784. The van der Waals surface area contributed by atoms with Gasteiger partial charge in [0.05, 0.1) is 5.39 Å². The summed E-state index contributed by atoms with van der Waals surface area (Å²) in [5, 5.41) is 39.6. The molecule has 3 rings (SSSR count). The molecule has 0 unspecified atom stereocenters. The molecule has 0 radical (unpaired) electrons. The zero-order valence-corrected chi connectivity index (χ0v) is 13.0. The Balaban J connectivity index is 2.46. The van der Waals surface area contributed by atoms with Crippen LogP contribution in [0.4, 0.5) is 0 Å². The largest absolute Gasteiger partial charge is 0.508 e. The SMILES string of the molecule is C=C(C)CCc1c(O)c(O)cc2oc3cc(O)cc(O)c3c(=O)c12. The molecule has 2 aromatic carbocycles. The number of phenolic OH excluding ortho intramolecular Hbond substituents is 4. The number of aromatic hydroxyl groups is 4. The molecule has 0 aliphatic rings. The van der Waals surface area contributed by atoms with Crippen molar-refractivity contribution in [1.82, 2.24) is 0 Å². The van der Waals surface area contributed by atoms with Crippen LogP contribution in [0.15, 0.2) is 39.6 Å². The van der Waals surface area contributed by atoms with Crippen LogP contribution in [-0.2, 0) is 6.42 Å². The fourth-order valence-corrected chi connectivity index (χ4v) is 2.74. The van der Waals surface area contributed by atoms with Crippen molar-refractivity contribution in [2.45, 2.75) is 19.8 Å². The molecule has 0 fully saturated rings. The molecule has 0 aliphatic heterocycles. The predicted molar refractivity (Wildman–Crippen MR) is 89.8 cm³/mol. The Morgan fingerprint density at radius 1 is 1.04 bits per heavy atom. The first-order valence-corrected chi connectivity index (χ1v) is 7.30. The predicted octanol–water partition coefficient (Wildman–Crippen LogP) is 3.28. The van der Waals surface area contributed by atoms with Crippen LogP contribution in [-0.4, -0.2) is 20.4 Å². The molecule has 4 N–H and O–H groups in total. The Bertz CT molecular complexity index is 1050. The number of allylic oxidation sites excluding steroid dienone is 1. The van der Waals surface area contributed by atoms with Crippen LogP contribution in [0.25, 0.3) is 21.9 Å². The molecule has 6 heteroatoms. The fraction of sp³-hybridized carbons (Fsp3) is 0.167. The molecule has 0 aliphatic carbocycles. The molecule has 1 aromatic heterocycles. The van der Waals surface area contributed by atoms with Crippen molar-refractivity contribution in [1.29, 1.82) is 0 Å². The third kappa shape index (κ3) is 2.42. The second-order valence-corrected chi connectivity index (χ2v) is 5.82. The molecule has 0 spiro atoms. The lowest BCUT2D eigenvalue weighted by Crippen LogP contribution is -2.06. The molecule has 0 amide bonds. The van der Waals surface area contributed by atoms with Gasteiger partial charge in [-0.15, -0.1) is 6.58 Å². The van der Waals surface area contributed by atoms with Gasteiger partial charge in [-0.2, -0.15) is 0 Å². The number of hydrogen-bond acceptors (Lipinski definition) is 6. The standard InChI is InChI=1S/C18H16O6/c1-8(2)3-4-10-15-14(7-12(21)17(10)22)24-13-6-9(19)5-11(20)16(13)18(15)23/h5-7,19-22H,1,3-4H2,2H3. The van der Waals surface area contributed by atoms with Gasteiger partial charge in [0, 0.05) is 23.8 Å². The Morgan fingerprint density at radius 2 is 1.71 bits per heavy atom. The summed E-state index contributed by atoms with van der Waals surface area (Å²) in [5.41, 5.74) is 0.584. The van der Waals surface area contributed by atoms with E-state index in [-0.39, 0.29) is 39.7 Å². The average molecular weight is 328 g/mol. The first kappa shape index (κ1) is 15.7. The normalized spacial score (nSPS) is 11.2. The maximum absolute atomic E-state index is 12.8. The second-order valence-electron chi connectivity index (χ2n) is 5.82. The van der Waals surface area contributed by atoms with Gasteiger partial charge in [-0.3, -0.25) is 4.79 Å². The van der Waals surface area contributed by atoms with Gasteiger partial charge in [0.1, 0.15) is 28.1 Å². The lowest BCUT2D eigenvalue weighted by molar-refractivity contribution is 0.399. The third-order valence-electron chi connectivity index (χ3n) is 3.89. The average Bonchev–Trinajstić information content (AvgIpc) is 2.47. The van der Waals surface area contributed by atoms with Gasteiger partial charge < -0.3 is 24.8 Å². The van der Waals surface area contributed by atoms with Crippen molar-refractivity contribution in [3.8, 4) is 23.0 Å². The van der Waals surface area contributed by atoms with Crippen LogP contribution < -0.4 is 5.43 Å². The van der Waals surface area contributed by atoms with Crippen molar-refractivity contribution in [3.05, 3.63) is 46.1 Å². The summed E-state index contributed by atoms with van der Waals surface area (Å²) < 4.78 is 5.56. The Hall–Kier alpha value is -3.15. The van der Waals surface area contributed by atoms with Gasteiger partial charge >= 0.3 is 0 Å². The molecule has 0 saturated carbocycles. The van der Waals surface area contributed by atoms with Crippen molar-refractivity contribution < 1.29 is 24.8 Å². The van der Waals surface area contributed by atoms with Gasteiger partial charge in [0.2, 0.25) is 5.43 Å². The van der Waals surface area contributed by atoms with Gasteiger partial charge in [-0.05, 0) is 19.8 Å². The van der Waals surface area contributed by atoms with Crippen LogP contribution in [0.1, 0.15) is 18.9 Å². The number of aryl methyl sites for hydroxylation is 1. The van der Waals surface area contributed by atoms with Crippen LogP contribution in [0.5, 0.6) is 23.0 Å². The van der Waals surface area contributed by atoms with Crippen LogP contribution in [0, 0.1) is 0 Å². The van der Waals surface area contributed by atoms with Gasteiger partial charge in [0.15, 0.2) is 11.5 Å². The van der Waals surface area contributed by atoms with Gasteiger partial charge in [0.25, 0.3) is 0 Å². The number of fused-ring (bicyclic) bond motifs is 2. The minimum absolute atomic E-state index is 0.0130. The molecule has 124 valence electrons. The smallest absolute Gasteiger partial charge is 0.204 e. The molecule has 24 heavy (non-hydrogen) atoms. The molecule has 3 aromatic rings. The molecular weight excluding hydrogens is 312 g/mol. The Morgan fingerprint density at radius 3 is 2.38 bits per heavy atom. The van der Waals surface area contributed by atoms with Crippen LogP contribution in [0.3, 0.4) is 0 Å². The quantitative estimate of drug-likeness (QED) is 0.333. The third-order valence-corrected chi connectivity index (χ3v) is 3.89. The summed E-state index contributed by atoms with van der Waals surface area (Å²) in [4.78, 5) is 12.8. The number of benzene rings is 2. The lowest BCUT2D eigenvalue weighted by Gasteiger charge is -2.11. The minimum atomic E-state index is -0.546. The Kier molecular flexibility index (Phi) is 3.60. The highest BCUT2D eigenvalue weighted by atomic mass is 16.3. The second kappa shape index (κ2) is 5.49. The van der Waals surface area contributed by atoms with E-state index < -0.39 is 22.7 Å². The van der Waals surface area contributed by atoms with Gasteiger partial charge in [-0.1, -0.05) is 5.57 Å². The van der Waals surface area contributed by atoms with E-state index in [0.717, 1.165) is 17.7 Å². The van der Waals surface area contributed by atoms with Crippen LogP contribution in [0.2, 0.25) is 0 Å². The summed E-state index contributed by atoms with van der Waals surface area (Å²) >= 11 is 0. The molecule has 0 saturated heterocycles. The van der Waals surface area contributed by atoms with Crippen molar-refractivity contribution in [2.24, 2.45) is 0 Å². The zero-order valence-electron chi connectivity index (χ0n) is 13.0. The summed E-state index contributed by atoms with van der Waals surface area (Å²) in [7, 11) is 0. The van der Waals surface area contributed by atoms with Crippen LogP contribution >= 0.6 is 0 Å². The molecule has 1 heterocycles. The van der Waals surface area contributed by atoms with E-state index >= 15 is 0 Å². The fourth-order valence-electron chi connectivity index (χ4n) is 2.74. The zero-order chi connectivity index (χ0) is 17.6. The summed E-state index contributed by atoms with van der Waals surface area (Å²) in [5.74, 6) is -1.48. The van der Waals surface area contributed by atoms with Crippen molar-refractivity contribution in [3.63, 3.8) is 0 Å². The maximum Gasteiger partial charge on any atom is 0.204 e. The maximum atomic E-state index is 12.8. The summed E-state index contributed by atoms with van der Waals surface area (Å²) in [6.45, 7) is 5.60. The minimum Gasteiger partial charge on any atom is -0.508 e. The number of phenols is 4. The molecular formula is C18H16O6. The van der Waals surface area contributed by atoms with E-state index in [1.165, 1.54) is 6.07 Å². The van der Waals surface area contributed by atoms with E-state index in [2.05, 4.69) is 6.58 Å². The van der Waals surface area contributed by atoms with E-state index in [0.29, 0.717) is 6.42 Å². The van der Waals surface area contributed by atoms with E-state index in [1.54, 1.807) is 0 Å². The molecule has 6 nitrogen and oxygen atoms in total. The highest BCUT2D eigenvalue weighted by molar-refractivity contribution is 5.96. The van der Waals surface area contributed by atoms with Crippen molar-refractivity contribution in [2.75, 3.05) is 0 Å². The van der Waals surface area contributed by atoms with E-state index in [4.69, 9.17) is 4.42 Å². The Labute approximate surface area is 136 Å². The molecule has 0 atom stereocenters. The lowest BCUT2D eigenvalue weighted by atomic mass is 9.99.